The quantitative estimate of drug-likeness (QED) is 0.418. The van der Waals surface area contributed by atoms with E-state index >= 15 is 0 Å². The van der Waals surface area contributed by atoms with E-state index in [1.165, 1.54) is 9.21 Å². The maximum atomic E-state index is 13.3. The van der Waals surface area contributed by atoms with E-state index in [0.717, 1.165) is 17.4 Å². The van der Waals surface area contributed by atoms with Gasteiger partial charge in [0.15, 0.2) is 0 Å². The number of benzene rings is 2. The Balaban J connectivity index is 2.23. The van der Waals surface area contributed by atoms with Crippen molar-refractivity contribution in [3.63, 3.8) is 0 Å². The predicted molar refractivity (Wildman–Crippen MR) is 147 cm³/mol. The fourth-order valence-electron chi connectivity index (χ4n) is 3.92. The Morgan fingerprint density at radius 2 is 1.61 bits per heavy atom. The molecule has 1 N–H and O–H groups in total. The molecule has 0 spiro atoms. The van der Waals surface area contributed by atoms with Gasteiger partial charge in [-0.3, -0.25) is 13.9 Å². The summed E-state index contributed by atoms with van der Waals surface area (Å²) in [5, 5.41) is 3.71. The molecule has 10 heteroatoms. The van der Waals surface area contributed by atoms with Crippen LogP contribution in [0.4, 0.5) is 5.69 Å². The van der Waals surface area contributed by atoms with Gasteiger partial charge in [-0.25, -0.2) is 8.42 Å². The van der Waals surface area contributed by atoms with Crippen LogP contribution in [0.15, 0.2) is 36.4 Å². The number of rotatable bonds is 11. The normalized spacial score (nSPS) is 12.4. The van der Waals surface area contributed by atoms with Crippen molar-refractivity contribution in [3.05, 3.63) is 63.1 Å². The molecule has 0 heterocycles. The third-order valence-corrected chi connectivity index (χ3v) is 7.38. The monoisotopic (exact) mass is 555 g/mol. The molecule has 7 nitrogen and oxygen atoms in total. The molecular formula is C26H35Cl2N3O4S. The van der Waals surface area contributed by atoms with Gasteiger partial charge in [0.1, 0.15) is 6.04 Å². The second-order valence-corrected chi connectivity index (χ2v) is 12.1. The number of sulfonamides is 1. The van der Waals surface area contributed by atoms with E-state index in [4.69, 9.17) is 23.2 Å². The molecule has 2 amide bonds. The molecule has 0 saturated heterocycles. The van der Waals surface area contributed by atoms with Gasteiger partial charge in [0.25, 0.3) is 0 Å². The molecule has 0 bridgehead atoms. The zero-order valence-electron chi connectivity index (χ0n) is 21.6. The first-order chi connectivity index (χ1) is 16.7. The average molecular weight is 557 g/mol. The molecule has 0 fully saturated rings. The third kappa shape index (κ3) is 8.68. The topological polar surface area (TPSA) is 86.8 Å². The number of amides is 2. The molecule has 2 rings (SSSR count). The van der Waals surface area contributed by atoms with Gasteiger partial charge in [-0.15, -0.1) is 0 Å². The Hall–Kier alpha value is -2.29. The minimum atomic E-state index is -3.56. The molecule has 0 saturated carbocycles. The van der Waals surface area contributed by atoms with E-state index in [1.54, 1.807) is 25.1 Å². The van der Waals surface area contributed by atoms with E-state index in [2.05, 4.69) is 5.32 Å². The number of nitrogens with zero attached hydrogens (tertiary/aromatic N) is 2. The molecule has 198 valence electrons. The summed E-state index contributed by atoms with van der Waals surface area (Å²) in [5.41, 5.74) is 3.13. The van der Waals surface area contributed by atoms with Crippen LogP contribution in [0.5, 0.6) is 0 Å². The standard InChI is InChI=1S/C26H35Cl2N3O4S/c1-17(2)29-26(33)20(5)30(16-21-9-10-22(27)15-24(21)28)25(32)8-7-11-31(36(6,34)35)23-13-18(3)12-19(4)14-23/h9-10,12-15,17,20H,7-8,11,16H2,1-6H3,(H,29,33)/t20-/m0/s1. The van der Waals surface area contributed by atoms with Crippen LogP contribution in [-0.4, -0.2) is 50.0 Å². The maximum absolute atomic E-state index is 13.3. The fraction of sp³-hybridized carbons (Fsp3) is 0.462. The number of anilines is 1. The minimum Gasteiger partial charge on any atom is -0.352 e. The molecule has 36 heavy (non-hydrogen) atoms. The highest BCUT2D eigenvalue weighted by Gasteiger charge is 2.27. The lowest BCUT2D eigenvalue weighted by Crippen LogP contribution is -2.49. The average Bonchev–Trinajstić information content (AvgIpc) is 2.73. The first-order valence-corrected chi connectivity index (χ1v) is 14.4. The summed E-state index contributed by atoms with van der Waals surface area (Å²) in [5.74, 6) is -0.558. The number of carbonyl (C=O) groups is 2. The Labute approximate surface area is 224 Å². The summed E-state index contributed by atoms with van der Waals surface area (Å²) in [6.45, 7) is 9.43. The third-order valence-electron chi connectivity index (χ3n) is 5.60. The Kier molecular flexibility index (Phi) is 10.6. The lowest BCUT2D eigenvalue weighted by Gasteiger charge is -2.30. The van der Waals surface area contributed by atoms with Crippen LogP contribution >= 0.6 is 23.2 Å². The maximum Gasteiger partial charge on any atom is 0.242 e. The van der Waals surface area contributed by atoms with Crippen molar-refractivity contribution in [2.24, 2.45) is 0 Å². The number of hydrogen-bond donors (Lipinski definition) is 1. The summed E-state index contributed by atoms with van der Waals surface area (Å²) in [6, 6.07) is 9.74. The Morgan fingerprint density at radius 1 is 1.00 bits per heavy atom. The summed E-state index contributed by atoms with van der Waals surface area (Å²) < 4.78 is 26.4. The van der Waals surface area contributed by atoms with Crippen molar-refractivity contribution >= 4 is 50.7 Å². The molecule has 1 atom stereocenters. The highest BCUT2D eigenvalue weighted by Crippen LogP contribution is 2.25. The molecule has 0 aliphatic heterocycles. The number of carbonyl (C=O) groups excluding carboxylic acids is 2. The van der Waals surface area contributed by atoms with Gasteiger partial charge < -0.3 is 10.2 Å². The van der Waals surface area contributed by atoms with Gasteiger partial charge in [-0.1, -0.05) is 35.3 Å². The van der Waals surface area contributed by atoms with Gasteiger partial charge in [-0.2, -0.15) is 0 Å². The van der Waals surface area contributed by atoms with E-state index in [1.807, 2.05) is 45.9 Å². The molecule has 0 aliphatic carbocycles. The van der Waals surface area contributed by atoms with E-state index in [9.17, 15) is 18.0 Å². The van der Waals surface area contributed by atoms with Crippen LogP contribution in [0, 0.1) is 13.8 Å². The van der Waals surface area contributed by atoms with Crippen molar-refractivity contribution < 1.29 is 18.0 Å². The molecule has 2 aromatic rings. The summed E-state index contributed by atoms with van der Waals surface area (Å²) >= 11 is 12.3. The van der Waals surface area contributed by atoms with Gasteiger partial charge in [0, 0.05) is 35.6 Å². The van der Waals surface area contributed by atoms with Gasteiger partial charge in [-0.05, 0) is 82.0 Å². The van der Waals surface area contributed by atoms with Crippen LogP contribution in [0.1, 0.15) is 50.3 Å². The zero-order chi connectivity index (χ0) is 27.2. The lowest BCUT2D eigenvalue weighted by molar-refractivity contribution is -0.140. The van der Waals surface area contributed by atoms with Gasteiger partial charge in [0.05, 0.1) is 11.9 Å². The molecule has 0 aromatic heterocycles. The van der Waals surface area contributed by atoms with Crippen LogP contribution < -0.4 is 9.62 Å². The predicted octanol–water partition coefficient (Wildman–Crippen LogP) is 5.10. The van der Waals surface area contributed by atoms with Gasteiger partial charge in [0.2, 0.25) is 21.8 Å². The van der Waals surface area contributed by atoms with Gasteiger partial charge >= 0.3 is 0 Å². The summed E-state index contributed by atoms with van der Waals surface area (Å²) in [4.78, 5) is 27.6. The highest BCUT2D eigenvalue weighted by atomic mass is 35.5. The number of halogens is 2. The van der Waals surface area contributed by atoms with Crippen LogP contribution in [0.2, 0.25) is 10.0 Å². The van der Waals surface area contributed by atoms with Crippen LogP contribution in [-0.2, 0) is 26.2 Å². The van der Waals surface area contributed by atoms with Crippen molar-refractivity contribution in [2.75, 3.05) is 17.1 Å². The highest BCUT2D eigenvalue weighted by molar-refractivity contribution is 7.92. The van der Waals surface area contributed by atoms with E-state index in [0.29, 0.717) is 21.3 Å². The second kappa shape index (κ2) is 12.8. The first-order valence-electron chi connectivity index (χ1n) is 11.8. The summed E-state index contributed by atoms with van der Waals surface area (Å²) in [7, 11) is -3.56. The minimum absolute atomic E-state index is 0.0569. The number of hydrogen-bond acceptors (Lipinski definition) is 4. The molecule has 0 unspecified atom stereocenters. The van der Waals surface area contributed by atoms with Crippen molar-refractivity contribution in [3.8, 4) is 0 Å². The first kappa shape index (κ1) is 29.9. The second-order valence-electron chi connectivity index (χ2n) is 9.38. The van der Waals surface area contributed by atoms with E-state index in [-0.39, 0.29) is 43.8 Å². The smallest absolute Gasteiger partial charge is 0.242 e. The largest absolute Gasteiger partial charge is 0.352 e. The van der Waals surface area contributed by atoms with Crippen molar-refractivity contribution in [1.29, 1.82) is 0 Å². The summed E-state index contributed by atoms with van der Waals surface area (Å²) in [6.07, 6.45) is 1.49. The van der Waals surface area contributed by atoms with Crippen LogP contribution in [0.3, 0.4) is 0 Å². The van der Waals surface area contributed by atoms with E-state index < -0.39 is 16.1 Å². The van der Waals surface area contributed by atoms with Crippen molar-refractivity contribution in [2.45, 2.75) is 66.1 Å². The Bertz CT molecular complexity index is 1180. The molecule has 0 radical (unpaired) electrons. The zero-order valence-corrected chi connectivity index (χ0v) is 24.0. The fourth-order valence-corrected chi connectivity index (χ4v) is 5.34. The number of nitrogens with one attached hydrogen (secondary N) is 1. The molecule has 0 aliphatic rings. The Morgan fingerprint density at radius 3 is 2.14 bits per heavy atom. The van der Waals surface area contributed by atoms with Crippen LogP contribution in [0.25, 0.3) is 0 Å². The number of aryl methyl sites for hydroxylation is 2. The SMILES string of the molecule is Cc1cc(C)cc(N(CCCC(=O)N(Cc2ccc(Cl)cc2Cl)[C@@H](C)C(=O)NC(C)C)S(C)(=O)=O)c1. The lowest BCUT2D eigenvalue weighted by atomic mass is 10.1. The molecular weight excluding hydrogens is 521 g/mol. The molecule has 2 aromatic carbocycles. The van der Waals surface area contributed by atoms with Crippen molar-refractivity contribution in [1.82, 2.24) is 10.2 Å².